The number of hydrogen-bond acceptors (Lipinski definition) is 3. The van der Waals surface area contributed by atoms with E-state index in [0.29, 0.717) is 5.56 Å². The van der Waals surface area contributed by atoms with Crippen LogP contribution < -0.4 is 0 Å². The Kier molecular flexibility index (Phi) is 3.19. The number of nitro groups is 1. The number of hydrogen-bond donors (Lipinski definition) is 0. The molecular formula is C8H5IN2O2. The van der Waals surface area contributed by atoms with Crippen LogP contribution in [0.25, 0.3) is 0 Å². The Balaban J connectivity index is 3.20. The molecule has 1 rings (SSSR count). The van der Waals surface area contributed by atoms with Crippen LogP contribution in [0.1, 0.15) is 5.56 Å². The first-order valence-electron chi connectivity index (χ1n) is 3.45. The molecule has 0 atom stereocenters. The highest BCUT2D eigenvalue weighted by Crippen LogP contribution is 2.21. The highest BCUT2D eigenvalue weighted by atomic mass is 127. The van der Waals surface area contributed by atoms with Crippen LogP contribution in [0.15, 0.2) is 18.2 Å². The molecule has 0 spiro atoms. The maximum Gasteiger partial charge on any atom is 0.273 e. The molecule has 1 aromatic carbocycles. The molecule has 0 amide bonds. The quantitative estimate of drug-likeness (QED) is 0.476. The Bertz CT molecular complexity index is 384. The predicted molar refractivity (Wildman–Crippen MR) is 55.1 cm³/mol. The molecule has 0 radical (unpaired) electrons. The van der Waals surface area contributed by atoms with Crippen molar-refractivity contribution in [3.05, 3.63) is 37.4 Å². The molecule has 0 aliphatic rings. The van der Waals surface area contributed by atoms with E-state index in [4.69, 9.17) is 5.26 Å². The first-order chi connectivity index (χ1) is 6.15. The van der Waals surface area contributed by atoms with Gasteiger partial charge in [0, 0.05) is 15.2 Å². The summed E-state index contributed by atoms with van der Waals surface area (Å²) in [5.41, 5.74) is 0.487. The second-order valence-corrected chi connectivity index (χ2v) is 3.61. The molecule has 1 aromatic rings. The van der Waals surface area contributed by atoms with E-state index in [2.05, 4.69) is 22.6 Å². The zero-order valence-corrected chi connectivity index (χ0v) is 8.69. The summed E-state index contributed by atoms with van der Waals surface area (Å²) < 4.78 is 0.897. The van der Waals surface area contributed by atoms with Crippen LogP contribution >= 0.6 is 22.6 Å². The molecule has 0 aliphatic heterocycles. The van der Waals surface area contributed by atoms with Crippen molar-refractivity contribution in [1.82, 2.24) is 0 Å². The van der Waals surface area contributed by atoms with Gasteiger partial charge in [-0.05, 0) is 34.7 Å². The molecule has 0 unspecified atom stereocenters. The lowest BCUT2D eigenvalue weighted by Gasteiger charge is -1.98. The SMILES string of the molecule is N#CCc1cc(I)ccc1[N+](=O)[O-]. The minimum absolute atomic E-state index is 0.0157. The van der Waals surface area contributed by atoms with Crippen molar-refractivity contribution in [2.75, 3.05) is 0 Å². The number of nitro benzene ring substituents is 1. The molecule has 0 heterocycles. The molecule has 5 heteroatoms. The molecule has 0 saturated heterocycles. The lowest BCUT2D eigenvalue weighted by Crippen LogP contribution is -1.94. The summed E-state index contributed by atoms with van der Waals surface area (Å²) in [6.07, 6.45) is 0.0765. The van der Waals surface area contributed by atoms with E-state index in [1.807, 2.05) is 6.07 Å². The van der Waals surface area contributed by atoms with Crippen LogP contribution in [0.4, 0.5) is 5.69 Å². The third-order valence-electron chi connectivity index (χ3n) is 1.51. The van der Waals surface area contributed by atoms with Crippen molar-refractivity contribution in [1.29, 1.82) is 5.26 Å². The van der Waals surface area contributed by atoms with Gasteiger partial charge in [0.2, 0.25) is 0 Å². The van der Waals surface area contributed by atoms with Crippen LogP contribution in [0.3, 0.4) is 0 Å². The van der Waals surface area contributed by atoms with Crippen molar-refractivity contribution in [3.8, 4) is 6.07 Å². The molecule has 0 bridgehead atoms. The average molecular weight is 288 g/mol. The predicted octanol–water partition coefficient (Wildman–Crippen LogP) is 2.27. The Morgan fingerprint density at radius 2 is 2.31 bits per heavy atom. The van der Waals surface area contributed by atoms with Gasteiger partial charge in [0.15, 0.2) is 0 Å². The number of rotatable bonds is 2. The van der Waals surface area contributed by atoms with Gasteiger partial charge in [0.1, 0.15) is 0 Å². The smallest absolute Gasteiger partial charge is 0.258 e. The highest BCUT2D eigenvalue weighted by molar-refractivity contribution is 14.1. The number of benzene rings is 1. The van der Waals surface area contributed by atoms with Gasteiger partial charge in [-0.2, -0.15) is 5.26 Å². The van der Waals surface area contributed by atoms with Gasteiger partial charge in [-0.15, -0.1) is 0 Å². The van der Waals surface area contributed by atoms with Crippen LogP contribution in [-0.2, 0) is 6.42 Å². The number of nitrogens with zero attached hydrogens (tertiary/aromatic N) is 2. The fourth-order valence-corrected chi connectivity index (χ4v) is 1.51. The Morgan fingerprint density at radius 1 is 1.62 bits per heavy atom. The summed E-state index contributed by atoms with van der Waals surface area (Å²) >= 11 is 2.05. The van der Waals surface area contributed by atoms with E-state index in [9.17, 15) is 10.1 Å². The first-order valence-corrected chi connectivity index (χ1v) is 4.53. The lowest BCUT2D eigenvalue weighted by atomic mass is 10.1. The van der Waals surface area contributed by atoms with E-state index in [0.717, 1.165) is 3.57 Å². The minimum Gasteiger partial charge on any atom is -0.258 e. The highest BCUT2D eigenvalue weighted by Gasteiger charge is 2.12. The van der Waals surface area contributed by atoms with Crippen LogP contribution in [0.5, 0.6) is 0 Å². The summed E-state index contributed by atoms with van der Waals surface area (Å²) in [7, 11) is 0. The van der Waals surface area contributed by atoms with E-state index < -0.39 is 4.92 Å². The van der Waals surface area contributed by atoms with Crippen molar-refractivity contribution >= 4 is 28.3 Å². The second kappa shape index (κ2) is 4.18. The molecule has 0 fully saturated rings. The molecule has 66 valence electrons. The monoisotopic (exact) mass is 288 g/mol. The van der Waals surface area contributed by atoms with Crippen molar-refractivity contribution in [2.45, 2.75) is 6.42 Å². The molecule has 0 aliphatic carbocycles. The van der Waals surface area contributed by atoms with Gasteiger partial charge >= 0.3 is 0 Å². The molecular weight excluding hydrogens is 283 g/mol. The summed E-state index contributed by atoms with van der Waals surface area (Å²) in [4.78, 5) is 10.0. The molecule has 0 N–H and O–H groups in total. The largest absolute Gasteiger partial charge is 0.273 e. The van der Waals surface area contributed by atoms with E-state index in [1.54, 1.807) is 12.1 Å². The van der Waals surface area contributed by atoms with E-state index in [-0.39, 0.29) is 12.1 Å². The maximum absolute atomic E-state index is 10.5. The second-order valence-electron chi connectivity index (χ2n) is 2.37. The van der Waals surface area contributed by atoms with Gasteiger partial charge in [-0.3, -0.25) is 10.1 Å². The zero-order valence-electron chi connectivity index (χ0n) is 6.53. The average Bonchev–Trinajstić information content (AvgIpc) is 2.04. The van der Waals surface area contributed by atoms with Crippen LogP contribution in [0, 0.1) is 25.0 Å². The summed E-state index contributed by atoms with van der Waals surface area (Å²) in [6.45, 7) is 0. The van der Waals surface area contributed by atoms with Gasteiger partial charge in [-0.25, -0.2) is 0 Å². The molecule has 0 saturated carbocycles. The van der Waals surface area contributed by atoms with Crippen LogP contribution in [-0.4, -0.2) is 4.92 Å². The Morgan fingerprint density at radius 3 is 2.85 bits per heavy atom. The third-order valence-corrected chi connectivity index (χ3v) is 2.18. The van der Waals surface area contributed by atoms with Crippen molar-refractivity contribution in [2.24, 2.45) is 0 Å². The van der Waals surface area contributed by atoms with Crippen LogP contribution in [0.2, 0.25) is 0 Å². The Labute approximate surface area is 88.5 Å². The van der Waals surface area contributed by atoms with E-state index >= 15 is 0 Å². The van der Waals surface area contributed by atoms with Gasteiger partial charge in [-0.1, -0.05) is 0 Å². The van der Waals surface area contributed by atoms with Gasteiger partial charge in [0.05, 0.1) is 17.4 Å². The topological polar surface area (TPSA) is 66.9 Å². The first kappa shape index (κ1) is 9.92. The summed E-state index contributed by atoms with van der Waals surface area (Å²) in [5.74, 6) is 0. The minimum atomic E-state index is -0.469. The number of nitriles is 1. The molecule has 4 nitrogen and oxygen atoms in total. The van der Waals surface area contributed by atoms with Gasteiger partial charge in [0.25, 0.3) is 5.69 Å². The standard InChI is InChI=1S/C8H5IN2O2/c9-7-1-2-8(11(12)13)6(5-7)3-4-10/h1-2,5H,3H2. The van der Waals surface area contributed by atoms with E-state index in [1.165, 1.54) is 6.07 Å². The molecule has 0 aromatic heterocycles. The van der Waals surface area contributed by atoms with Crippen molar-refractivity contribution < 1.29 is 4.92 Å². The van der Waals surface area contributed by atoms with Crippen molar-refractivity contribution in [3.63, 3.8) is 0 Å². The molecule has 13 heavy (non-hydrogen) atoms. The zero-order chi connectivity index (χ0) is 9.84. The van der Waals surface area contributed by atoms with Gasteiger partial charge < -0.3 is 0 Å². The summed E-state index contributed by atoms with van der Waals surface area (Å²) in [6, 6.07) is 6.63. The fraction of sp³-hybridized carbons (Fsp3) is 0.125. The number of halogens is 1. The summed E-state index contributed by atoms with van der Waals surface area (Å²) in [5, 5.41) is 18.9. The fourth-order valence-electron chi connectivity index (χ4n) is 0.959. The lowest BCUT2D eigenvalue weighted by molar-refractivity contribution is -0.385. The Hall–Kier alpha value is -1.16. The normalized spacial score (nSPS) is 9.23. The maximum atomic E-state index is 10.5. The third kappa shape index (κ3) is 2.39.